The third-order valence-corrected chi connectivity index (χ3v) is 4.70. The number of H-pyrrole nitrogens is 1. The molecular formula is C20H11F6N5. The quantitative estimate of drug-likeness (QED) is 0.439. The van der Waals surface area contributed by atoms with Gasteiger partial charge in [-0.2, -0.15) is 41.9 Å². The van der Waals surface area contributed by atoms with Crippen LogP contribution in [0.15, 0.2) is 48.7 Å². The summed E-state index contributed by atoms with van der Waals surface area (Å²) in [5.74, 6) is 0. The number of nitrogens with zero attached hydrogens (tertiary/aromatic N) is 4. The van der Waals surface area contributed by atoms with Crippen molar-refractivity contribution in [3.05, 3.63) is 71.0 Å². The van der Waals surface area contributed by atoms with Gasteiger partial charge in [-0.25, -0.2) is 0 Å². The molecule has 4 aromatic rings. The fourth-order valence-corrected chi connectivity index (χ4v) is 3.29. The SMILES string of the molecule is N#Cc1n[nH]nc1-c1ccc2ccn(Cc3cc(C(F)(F)F)cc(C(F)(F)F)c3)c2c1. The average molecular weight is 435 g/mol. The molecular weight excluding hydrogens is 424 g/mol. The van der Waals surface area contributed by atoms with Crippen LogP contribution < -0.4 is 0 Å². The fourth-order valence-electron chi connectivity index (χ4n) is 3.29. The Morgan fingerprint density at radius 3 is 2.19 bits per heavy atom. The summed E-state index contributed by atoms with van der Waals surface area (Å²) < 4.78 is 80.3. The largest absolute Gasteiger partial charge is 0.416 e. The lowest BCUT2D eigenvalue weighted by Gasteiger charge is -2.15. The van der Waals surface area contributed by atoms with Gasteiger partial charge in [-0.1, -0.05) is 12.1 Å². The van der Waals surface area contributed by atoms with Crippen LogP contribution in [-0.2, 0) is 18.9 Å². The van der Waals surface area contributed by atoms with E-state index in [9.17, 15) is 26.3 Å². The van der Waals surface area contributed by atoms with Gasteiger partial charge >= 0.3 is 12.4 Å². The first kappa shape index (κ1) is 20.5. The third-order valence-electron chi connectivity index (χ3n) is 4.70. The molecule has 2 aromatic heterocycles. The van der Waals surface area contributed by atoms with Crippen LogP contribution in [0.4, 0.5) is 26.3 Å². The maximum absolute atomic E-state index is 13.1. The maximum Gasteiger partial charge on any atom is 0.416 e. The van der Waals surface area contributed by atoms with Gasteiger partial charge < -0.3 is 4.57 Å². The number of rotatable bonds is 3. The van der Waals surface area contributed by atoms with Crippen LogP contribution in [0.25, 0.3) is 22.2 Å². The fraction of sp³-hybridized carbons (Fsp3) is 0.150. The van der Waals surface area contributed by atoms with Crippen LogP contribution in [0.2, 0.25) is 0 Å². The molecule has 4 rings (SSSR count). The van der Waals surface area contributed by atoms with Crippen molar-refractivity contribution >= 4 is 10.9 Å². The van der Waals surface area contributed by atoms with E-state index in [1.54, 1.807) is 30.5 Å². The van der Waals surface area contributed by atoms with Crippen molar-refractivity contribution in [1.82, 2.24) is 20.0 Å². The Hall–Kier alpha value is -3.81. The molecule has 2 heterocycles. The molecule has 0 atom stereocenters. The highest BCUT2D eigenvalue weighted by Crippen LogP contribution is 2.36. The van der Waals surface area contributed by atoms with Gasteiger partial charge in [0.05, 0.1) is 11.1 Å². The lowest BCUT2D eigenvalue weighted by molar-refractivity contribution is -0.143. The van der Waals surface area contributed by atoms with E-state index in [1.807, 2.05) is 6.07 Å². The van der Waals surface area contributed by atoms with Gasteiger partial charge in [0.2, 0.25) is 0 Å². The first-order valence-corrected chi connectivity index (χ1v) is 8.75. The van der Waals surface area contributed by atoms with Gasteiger partial charge in [0.1, 0.15) is 11.8 Å². The molecule has 0 radical (unpaired) electrons. The number of hydrogen-bond acceptors (Lipinski definition) is 3. The van der Waals surface area contributed by atoms with Crippen LogP contribution in [0.3, 0.4) is 0 Å². The molecule has 1 N–H and O–H groups in total. The summed E-state index contributed by atoms with van der Waals surface area (Å²) in [7, 11) is 0. The molecule has 11 heteroatoms. The number of alkyl halides is 6. The topological polar surface area (TPSA) is 70.3 Å². The van der Waals surface area contributed by atoms with Gasteiger partial charge in [-0.15, -0.1) is 5.10 Å². The van der Waals surface area contributed by atoms with Gasteiger partial charge in [-0.3, -0.25) is 0 Å². The molecule has 0 bridgehead atoms. The molecule has 5 nitrogen and oxygen atoms in total. The Morgan fingerprint density at radius 2 is 1.58 bits per heavy atom. The summed E-state index contributed by atoms with van der Waals surface area (Å²) in [6.45, 7) is -0.218. The monoisotopic (exact) mass is 435 g/mol. The van der Waals surface area contributed by atoms with Crippen molar-refractivity contribution in [2.45, 2.75) is 18.9 Å². The Balaban J connectivity index is 1.79. The second-order valence-corrected chi connectivity index (χ2v) is 6.76. The van der Waals surface area contributed by atoms with E-state index in [0.717, 1.165) is 0 Å². The van der Waals surface area contributed by atoms with E-state index in [1.165, 1.54) is 4.57 Å². The van der Waals surface area contributed by atoms with Gasteiger partial charge in [0, 0.05) is 23.8 Å². The number of halogens is 6. The molecule has 0 saturated carbocycles. The van der Waals surface area contributed by atoms with Gasteiger partial charge in [0.15, 0.2) is 5.69 Å². The van der Waals surface area contributed by atoms with E-state index in [2.05, 4.69) is 15.4 Å². The Kier molecular flexibility index (Phi) is 4.72. The van der Waals surface area contributed by atoms with E-state index in [0.29, 0.717) is 28.6 Å². The summed E-state index contributed by atoms with van der Waals surface area (Å²) in [5, 5.41) is 19.8. The van der Waals surface area contributed by atoms with Crippen molar-refractivity contribution in [1.29, 1.82) is 5.26 Å². The second kappa shape index (κ2) is 7.16. The Labute approximate surface area is 170 Å². The number of hydrogen-bond donors (Lipinski definition) is 1. The van der Waals surface area contributed by atoms with Crippen LogP contribution in [0.1, 0.15) is 22.4 Å². The predicted octanol–water partition coefficient (Wildman–Crippen LogP) is 5.38. The number of nitrogens with one attached hydrogen (secondary N) is 1. The number of nitriles is 1. The van der Waals surface area contributed by atoms with Crippen molar-refractivity contribution in [3.63, 3.8) is 0 Å². The van der Waals surface area contributed by atoms with E-state index in [4.69, 9.17) is 5.26 Å². The van der Waals surface area contributed by atoms with Crippen LogP contribution in [0, 0.1) is 11.3 Å². The minimum Gasteiger partial charge on any atom is -0.343 e. The highest BCUT2D eigenvalue weighted by Gasteiger charge is 2.36. The third kappa shape index (κ3) is 3.96. The molecule has 31 heavy (non-hydrogen) atoms. The molecule has 0 fully saturated rings. The maximum atomic E-state index is 13.1. The lowest BCUT2D eigenvalue weighted by atomic mass is 10.0. The molecule has 2 aromatic carbocycles. The Morgan fingerprint density at radius 1 is 0.903 bits per heavy atom. The molecule has 0 spiro atoms. The van der Waals surface area contributed by atoms with Gasteiger partial charge in [-0.05, 0) is 41.3 Å². The van der Waals surface area contributed by atoms with E-state index >= 15 is 0 Å². The predicted molar refractivity (Wildman–Crippen MR) is 97.6 cm³/mol. The second-order valence-electron chi connectivity index (χ2n) is 6.76. The minimum atomic E-state index is -4.91. The molecule has 158 valence electrons. The van der Waals surface area contributed by atoms with Crippen LogP contribution in [-0.4, -0.2) is 20.0 Å². The summed E-state index contributed by atoms with van der Waals surface area (Å²) >= 11 is 0. The van der Waals surface area contributed by atoms with E-state index in [-0.39, 0.29) is 29.6 Å². The van der Waals surface area contributed by atoms with Crippen molar-refractivity contribution in [2.24, 2.45) is 0 Å². The molecule has 0 amide bonds. The number of benzene rings is 2. The molecule has 0 unspecified atom stereocenters. The number of aromatic nitrogens is 4. The molecule has 0 aliphatic rings. The summed E-state index contributed by atoms with van der Waals surface area (Å²) in [6, 6.07) is 10.1. The van der Waals surface area contributed by atoms with Crippen molar-refractivity contribution in [3.8, 4) is 17.3 Å². The number of aromatic amines is 1. The van der Waals surface area contributed by atoms with Crippen LogP contribution in [0.5, 0.6) is 0 Å². The molecule has 0 saturated heterocycles. The van der Waals surface area contributed by atoms with E-state index < -0.39 is 23.5 Å². The minimum absolute atomic E-state index is 0.0603. The van der Waals surface area contributed by atoms with Crippen molar-refractivity contribution in [2.75, 3.05) is 0 Å². The average Bonchev–Trinajstić information content (AvgIpc) is 3.33. The highest BCUT2D eigenvalue weighted by atomic mass is 19.4. The summed E-state index contributed by atoms with van der Waals surface area (Å²) in [5.41, 5.74) is -1.45. The van der Waals surface area contributed by atoms with Crippen LogP contribution >= 0.6 is 0 Å². The zero-order valence-corrected chi connectivity index (χ0v) is 15.4. The Bertz CT molecular complexity index is 1270. The highest BCUT2D eigenvalue weighted by molar-refractivity contribution is 5.85. The first-order valence-electron chi connectivity index (χ1n) is 8.75. The summed E-state index contributed by atoms with van der Waals surface area (Å²) in [6.07, 6.45) is -8.26. The zero-order valence-electron chi connectivity index (χ0n) is 15.4. The summed E-state index contributed by atoms with van der Waals surface area (Å²) in [4.78, 5) is 0. The molecule has 0 aliphatic heterocycles. The van der Waals surface area contributed by atoms with Gasteiger partial charge in [0.25, 0.3) is 0 Å². The standard InChI is InChI=1S/C20H11F6N5/c21-19(22,23)14-5-11(6-15(8-14)20(24,25)26)10-31-4-3-12-1-2-13(7-17(12)31)18-16(9-27)28-30-29-18/h1-8H,10H2,(H,28,29,30). The lowest BCUT2D eigenvalue weighted by Crippen LogP contribution is -2.12. The first-order chi connectivity index (χ1) is 14.6. The normalized spacial score (nSPS) is 12.3. The smallest absolute Gasteiger partial charge is 0.343 e. The zero-order chi connectivity index (χ0) is 22.4. The molecule has 0 aliphatic carbocycles. The van der Waals surface area contributed by atoms with Crippen molar-refractivity contribution < 1.29 is 26.3 Å². The number of fused-ring (bicyclic) bond motifs is 1.